The van der Waals surface area contributed by atoms with Gasteiger partial charge in [0.15, 0.2) is 11.2 Å². The molecule has 24 heavy (non-hydrogen) atoms. The molecular formula is C20H19NO3. The molecule has 0 unspecified atom stereocenters. The van der Waals surface area contributed by atoms with Crippen molar-refractivity contribution in [2.24, 2.45) is 0 Å². The first-order valence-corrected chi connectivity index (χ1v) is 7.79. The van der Waals surface area contributed by atoms with Gasteiger partial charge in [0.25, 0.3) is 5.91 Å². The summed E-state index contributed by atoms with van der Waals surface area (Å²) in [7, 11) is 0. The lowest BCUT2D eigenvalue weighted by Crippen LogP contribution is -2.15. The fraction of sp³-hybridized carbons (Fsp3) is 0.200. The highest BCUT2D eigenvalue weighted by atomic mass is 16.3. The maximum Gasteiger partial charge on any atom is 0.291 e. The van der Waals surface area contributed by atoms with Crippen molar-refractivity contribution in [1.29, 1.82) is 0 Å². The standard InChI is InChI=1S/C20H19NO3/c1-11-5-6-12(2)16(7-11)21-20(23)19-10-17(22)15-8-13(3)14(4)9-18(15)24-19/h5-10H,1-4H3,(H,21,23). The van der Waals surface area contributed by atoms with E-state index in [1.165, 1.54) is 6.07 Å². The van der Waals surface area contributed by atoms with Gasteiger partial charge in [0.2, 0.25) is 0 Å². The van der Waals surface area contributed by atoms with E-state index in [2.05, 4.69) is 5.32 Å². The molecule has 0 aliphatic rings. The zero-order chi connectivity index (χ0) is 17.4. The van der Waals surface area contributed by atoms with E-state index in [1.54, 1.807) is 12.1 Å². The highest BCUT2D eigenvalue weighted by molar-refractivity contribution is 6.03. The second-order valence-electron chi connectivity index (χ2n) is 6.18. The molecule has 122 valence electrons. The third kappa shape index (κ3) is 2.95. The van der Waals surface area contributed by atoms with Crippen LogP contribution in [0, 0.1) is 27.7 Å². The molecule has 0 aliphatic carbocycles. The van der Waals surface area contributed by atoms with Gasteiger partial charge >= 0.3 is 0 Å². The molecule has 1 heterocycles. The first-order valence-electron chi connectivity index (χ1n) is 7.79. The van der Waals surface area contributed by atoms with Crippen molar-refractivity contribution in [1.82, 2.24) is 0 Å². The fourth-order valence-corrected chi connectivity index (χ4v) is 2.58. The number of hydrogen-bond donors (Lipinski definition) is 1. The molecule has 3 aromatic rings. The number of amides is 1. The summed E-state index contributed by atoms with van der Waals surface area (Å²) in [6, 6.07) is 10.6. The Bertz CT molecular complexity index is 1020. The predicted octanol–water partition coefficient (Wildman–Crippen LogP) is 4.28. The largest absolute Gasteiger partial charge is 0.451 e. The van der Waals surface area contributed by atoms with Gasteiger partial charge in [-0.25, -0.2) is 0 Å². The minimum Gasteiger partial charge on any atom is -0.451 e. The molecule has 0 atom stereocenters. The van der Waals surface area contributed by atoms with Crippen LogP contribution in [0.25, 0.3) is 11.0 Å². The van der Waals surface area contributed by atoms with Crippen LogP contribution in [0.3, 0.4) is 0 Å². The van der Waals surface area contributed by atoms with Crippen LogP contribution in [0.1, 0.15) is 32.8 Å². The van der Waals surface area contributed by atoms with Crippen LogP contribution in [0.15, 0.2) is 45.6 Å². The maximum atomic E-state index is 12.5. The smallest absolute Gasteiger partial charge is 0.291 e. The zero-order valence-electron chi connectivity index (χ0n) is 14.2. The van der Waals surface area contributed by atoms with Gasteiger partial charge < -0.3 is 9.73 Å². The molecule has 0 saturated carbocycles. The lowest BCUT2D eigenvalue weighted by Gasteiger charge is -2.09. The molecule has 0 aliphatic heterocycles. The molecule has 0 saturated heterocycles. The zero-order valence-corrected chi connectivity index (χ0v) is 14.2. The molecule has 3 rings (SSSR count). The predicted molar refractivity (Wildman–Crippen MR) is 95.8 cm³/mol. The summed E-state index contributed by atoms with van der Waals surface area (Å²) in [5.41, 5.74) is 4.94. The molecule has 1 aromatic heterocycles. The number of rotatable bonds is 2. The molecule has 0 bridgehead atoms. The maximum absolute atomic E-state index is 12.5. The van der Waals surface area contributed by atoms with Gasteiger partial charge in [-0.05, 0) is 68.1 Å². The first kappa shape index (κ1) is 16.0. The number of aryl methyl sites for hydroxylation is 4. The Hall–Kier alpha value is -2.88. The van der Waals surface area contributed by atoms with Gasteiger partial charge in [-0.2, -0.15) is 0 Å². The number of carbonyl (C=O) groups excluding carboxylic acids is 1. The van der Waals surface area contributed by atoms with Gasteiger partial charge in [-0.3, -0.25) is 9.59 Å². The van der Waals surface area contributed by atoms with E-state index in [-0.39, 0.29) is 11.2 Å². The number of carbonyl (C=O) groups is 1. The van der Waals surface area contributed by atoms with E-state index < -0.39 is 5.91 Å². The van der Waals surface area contributed by atoms with Crippen LogP contribution in [0.5, 0.6) is 0 Å². The highest BCUT2D eigenvalue weighted by Gasteiger charge is 2.14. The fourth-order valence-electron chi connectivity index (χ4n) is 2.58. The second-order valence-corrected chi connectivity index (χ2v) is 6.18. The van der Waals surface area contributed by atoms with Crippen molar-refractivity contribution >= 4 is 22.6 Å². The van der Waals surface area contributed by atoms with E-state index in [9.17, 15) is 9.59 Å². The van der Waals surface area contributed by atoms with Gasteiger partial charge in [0.05, 0.1) is 5.39 Å². The number of benzene rings is 2. The van der Waals surface area contributed by atoms with Gasteiger partial charge in [0.1, 0.15) is 5.58 Å². The van der Waals surface area contributed by atoms with E-state index in [0.717, 1.165) is 22.3 Å². The second kappa shape index (κ2) is 5.96. The monoisotopic (exact) mass is 321 g/mol. The van der Waals surface area contributed by atoms with Crippen LogP contribution >= 0.6 is 0 Å². The molecule has 4 heteroatoms. The van der Waals surface area contributed by atoms with E-state index in [0.29, 0.717) is 16.7 Å². The lowest BCUT2D eigenvalue weighted by atomic mass is 10.1. The molecule has 0 spiro atoms. The Labute approximate surface area is 140 Å². The van der Waals surface area contributed by atoms with Crippen LogP contribution in [0.2, 0.25) is 0 Å². The Morgan fingerprint density at radius 1 is 0.917 bits per heavy atom. The first-order chi connectivity index (χ1) is 11.3. The van der Waals surface area contributed by atoms with Crippen molar-refractivity contribution in [2.75, 3.05) is 5.32 Å². The third-order valence-electron chi connectivity index (χ3n) is 4.21. The molecular weight excluding hydrogens is 302 g/mol. The van der Waals surface area contributed by atoms with Gasteiger partial charge in [-0.15, -0.1) is 0 Å². The lowest BCUT2D eigenvalue weighted by molar-refractivity contribution is 0.0997. The summed E-state index contributed by atoms with van der Waals surface area (Å²) >= 11 is 0. The number of nitrogens with one attached hydrogen (secondary N) is 1. The highest BCUT2D eigenvalue weighted by Crippen LogP contribution is 2.20. The summed E-state index contributed by atoms with van der Waals surface area (Å²) in [4.78, 5) is 24.8. The van der Waals surface area contributed by atoms with E-state index in [1.807, 2.05) is 45.9 Å². The van der Waals surface area contributed by atoms with Crippen molar-refractivity contribution in [3.8, 4) is 0 Å². The Morgan fingerprint density at radius 2 is 1.62 bits per heavy atom. The summed E-state index contributed by atoms with van der Waals surface area (Å²) in [6.07, 6.45) is 0. The number of hydrogen-bond acceptors (Lipinski definition) is 3. The van der Waals surface area contributed by atoms with Crippen molar-refractivity contribution in [3.05, 3.63) is 74.6 Å². The summed E-state index contributed by atoms with van der Waals surface area (Å²) in [5.74, 6) is -0.419. The van der Waals surface area contributed by atoms with Gasteiger partial charge in [-0.1, -0.05) is 12.1 Å². The van der Waals surface area contributed by atoms with E-state index >= 15 is 0 Å². The summed E-state index contributed by atoms with van der Waals surface area (Å²) in [6.45, 7) is 7.75. The number of fused-ring (bicyclic) bond motifs is 1. The van der Waals surface area contributed by atoms with Crippen LogP contribution in [-0.2, 0) is 0 Å². The molecule has 0 fully saturated rings. The minimum atomic E-state index is -0.430. The average Bonchev–Trinajstić information content (AvgIpc) is 2.52. The SMILES string of the molecule is Cc1ccc(C)c(NC(=O)c2cc(=O)c3cc(C)c(C)cc3o2)c1. The molecule has 0 radical (unpaired) electrons. The molecule has 4 nitrogen and oxygen atoms in total. The normalized spacial score (nSPS) is 10.8. The van der Waals surface area contributed by atoms with Crippen LogP contribution in [-0.4, -0.2) is 5.91 Å². The minimum absolute atomic E-state index is 0.0108. The van der Waals surface area contributed by atoms with Crippen molar-refractivity contribution in [2.45, 2.75) is 27.7 Å². The average molecular weight is 321 g/mol. The Morgan fingerprint density at radius 3 is 2.38 bits per heavy atom. The van der Waals surface area contributed by atoms with Gasteiger partial charge in [0, 0.05) is 11.8 Å². The topological polar surface area (TPSA) is 59.3 Å². The summed E-state index contributed by atoms with van der Waals surface area (Å²) < 4.78 is 5.67. The van der Waals surface area contributed by atoms with Crippen LogP contribution in [0.4, 0.5) is 5.69 Å². The number of anilines is 1. The van der Waals surface area contributed by atoms with Crippen molar-refractivity contribution < 1.29 is 9.21 Å². The molecule has 1 N–H and O–H groups in total. The quantitative estimate of drug-likeness (QED) is 0.766. The Kier molecular flexibility index (Phi) is 3.97. The molecule has 1 amide bonds. The van der Waals surface area contributed by atoms with E-state index in [4.69, 9.17) is 4.42 Å². The van der Waals surface area contributed by atoms with Crippen molar-refractivity contribution in [3.63, 3.8) is 0 Å². The van der Waals surface area contributed by atoms with Crippen LogP contribution < -0.4 is 10.7 Å². The summed E-state index contributed by atoms with van der Waals surface area (Å²) in [5, 5.41) is 3.30. The molecule has 2 aromatic carbocycles. The Balaban J connectivity index is 2.03. The third-order valence-corrected chi connectivity index (χ3v) is 4.21.